The number of fused-ring (bicyclic) bond motifs is 1. The van der Waals surface area contributed by atoms with E-state index in [0.29, 0.717) is 11.1 Å². The second kappa shape index (κ2) is 8.40. The molecule has 2 aromatic carbocycles. The monoisotopic (exact) mass is 393 g/mol. The number of esters is 1. The van der Waals surface area contributed by atoms with Crippen molar-refractivity contribution < 1.29 is 28.5 Å². The highest BCUT2D eigenvalue weighted by molar-refractivity contribution is 7.46. The van der Waals surface area contributed by atoms with Crippen molar-refractivity contribution in [3.8, 4) is 0 Å². The maximum atomic E-state index is 12.7. The van der Waals surface area contributed by atoms with Gasteiger partial charge in [0.15, 0.2) is 6.04 Å². The van der Waals surface area contributed by atoms with Gasteiger partial charge in [0.25, 0.3) is 0 Å². The minimum absolute atomic E-state index is 0.155. The Labute approximate surface area is 158 Å². The number of nitrogens with zero attached hydrogens (tertiary/aromatic N) is 1. The summed E-state index contributed by atoms with van der Waals surface area (Å²) in [6.07, 6.45) is 4.63. The molecule has 0 aromatic heterocycles. The first-order valence-electron chi connectivity index (χ1n) is 9.08. The van der Waals surface area contributed by atoms with Crippen molar-refractivity contribution in [2.45, 2.75) is 51.2 Å². The number of benzene rings is 2. The van der Waals surface area contributed by atoms with Crippen LogP contribution < -0.4 is 5.06 Å². The molecule has 146 valence electrons. The van der Waals surface area contributed by atoms with Gasteiger partial charge in [0.2, 0.25) is 0 Å². The maximum absolute atomic E-state index is 12.7. The van der Waals surface area contributed by atoms with E-state index in [-0.39, 0.29) is 6.10 Å². The molecule has 2 N–H and O–H groups in total. The van der Waals surface area contributed by atoms with Crippen molar-refractivity contribution >= 4 is 30.3 Å². The molecular weight excluding hydrogens is 369 g/mol. The van der Waals surface area contributed by atoms with Crippen LogP contribution in [-0.2, 0) is 18.7 Å². The Morgan fingerprint density at radius 2 is 1.78 bits per heavy atom. The Morgan fingerprint density at radius 3 is 2.48 bits per heavy atom. The SMILES string of the molecule is C[C@@H](C(=O)OC1CCCCC1)N(OP(=O)(O)O)c1cccc2ccccc12. The first-order valence-corrected chi connectivity index (χ1v) is 10.6. The third-order valence-electron chi connectivity index (χ3n) is 4.73. The Hall–Kier alpha value is -1.92. The molecule has 0 saturated heterocycles. The third kappa shape index (κ3) is 5.08. The zero-order valence-electron chi connectivity index (χ0n) is 15.2. The first kappa shape index (κ1) is 19.8. The number of hydrogen-bond acceptors (Lipinski definition) is 5. The highest BCUT2D eigenvalue weighted by Crippen LogP contribution is 2.41. The minimum Gasteiger partial charge on any atom is -0.461 e. The van der Waals surface area contributed by atoms with Crippen LogP contribution in [-0.4, -0.2) is 27.9 Å². The molecule has 0 spiro atoms. The average molecular weight is 393 g/mol. The third-order valence-corrected chi connectivity index (χ3v) is 5.11. The Balaban J connectivity index is 1.90. The summed E-state index contributed by atoms with van der Waals surface area (Å²) < 4.78 is 22.0. The quantitative estimate of drug-likeness (QED) is 0.436. The van der Waals surface area contributed by atoms with E-state index in [1.54, 1.807) is 18.2 Å². The molecule has 0 bridgehead atoms. The second-order valence-corrected chi connectivity index (χ2v) is 7.91. The van der Waals surface area contributed by atoms with Crippen LogP contribution in [0.5, 0.6) is 0 Å². The van der Waals surface area contributed by atoms with E-state index in [4.69, 9.17) is 9.36 Å². The van der Waals surface area contributed by atoms with E-state index in [1.807, 2.05) is 24.3 Å². The number of anilines is 1. The molecule has 7 nitrogen and oxygen atoms in total. The van der Waals surface area contributed by atoms with Crippen LogP contribution in [0.25, 0.3) is 10.8 Å². The van der Waals surface area contributed by atoms with Crippen molar-refractivity contribution in [1.29, 1.82) is 0 Å². The highest BCUT2D eigenvalue weighted by Gasteiger charge is 2.33. The molecule has 1 fully saturated rings. The smallest absolute Gasteiger partial charge is 0.461 e. The van der Waals surface area contributed by atoms with Crippen molar-refractivity contribution in [2.75, 3.05) is 5.06 Å². The standard InChI is InChI=1S/C19H24NO6P/c1-14(19(21)25-16-10-3-2-4-11-16)20(26-27(22,23)24)18-13-7-9-15-8-5-6-12-17(15)18/h5-9,12-14,16H,2-4,10-11H2,1H3,(H2,22,23,24)/t14-/m0/s1. The fourth-order valence-corrected chi connectivity index (χ4v) is 3.84. The van der Waals surface area contributed by atoms with Crippen LogP contribution in [0.4, 0.5) is 5.69 Å². The van der Waals surface area contributed by atoms with Crippen LogP contribution >= 0.6 is 7.82 Å². The number of carbonyl (C=O) groups excluding carboxylic acids is 1. The van der Waals surface area contributed by atoms with E-state index in [2.05, 4.69) is 0 Å². The van der Waals surface area contributed by atoms with Crippen LogP contribution in [0.3, 0.4) is 0 Å². The van der Waals surface area contributed by atoms with Crippen molar-refractivity contribution in [3.63, 3.8) is 0 Å². The molecular formula is C19H24NO6P. The summed E-state index contributed by atoms with van der Waals surface area (Å²) in [5.41, 5.74) is 0.393. The number of ether oxygens (including phenoxy) is 1. The Kier molecular flexibility index (Phi) is 6.17. The number of rotatable bonds is 6. The van der Waals surface area contributed by atoms with Gasteiger partial charge in [0.1, 0.15) is 6.10 Å². The largest absolute Gasteiger partial charge is 0.491 e. The van der Waals surface area contributed by atoms with E-state index in [9.17, 15) is 19.1 Å². The predicted molar refractivity (Wildman–Crippen MR) is 102 cm³/mol. The van der Waals surface area contributed by atoms with E-state index < -0.39 is 19.8 Å². The number of carbonyl (C=O) groups is 1. The molecule has 0 unspecified atom stereocenters. The van der Waals surface area contributed by atoms with Crippen LogP contribution in [0.1, 0.15) is 39.0 Å². The molecule has 0 radical (unpaired) electrons. The molecule has 0 heterocycles. The van der Waals surface area contributed by atoms with Gasteiger partial charge in [-0.05, 0) is 44.1 Å². The molecule has 1 aliphatic carbocycles. The van der Waals surface area contributed by atoms with Gasteiger partial charge in [-0.15, -0.1) is 0 Å². The minimum atomic E-state index is -4.88. The van der Waals surface area contributed by atoms with Crippen LogP contribution in [0, 0.1) is 0 Å². The second-order valence-electron chi connectivity index (χ2n) is 6.77. The molecule has 0 amide bonds. The summed E-state index contributed by atoms with van der Waals surface area (Å²) >= 11 is 0. The molecule has 1 atom stereocenters. The summed E-state index contributed by atoms with van der Waals surface area (Å²) in [4.78, 5) is 31.4. The Morgan fingerprint density at radius 1 is 1.11 bits per heavy atom. The predicted octanol–water partition coefficient (Wildman–Crippen LogP) is 3.93. The molecule has 1 saturated carbocycles. The molecule has 27 heavy (non-hydrogen) atoms. The maximum Gasteiger partial charge on any atom is 0.491 e. The number of hydrogen-bond donors (Lipinski definition) is 2. The zero-order valence-corrected chi connectivity index (χ0v) is 16.0. The fraction of sp³-hybridized carbons (Fsp3) is 0.421. The van der Waals surface area contributed by atoms with Gasteiger partial charge in [0, 0.05) is 5.39 Å². The zero-order chi connectivity index (χ0) is 19.4. The van der Waals surface area contributed by atoms with Gasteiger partial charge in [-0.2, -0.15) is 4.62 Å². The van der Waals surface area contributed by atoms with E-state index >= 15 is 0 Å². The van der Waals surface area contributed by atoms with E-state index in [1.165, 1.54) is 6.92 Å². The summed E-state index contributed by atoms with van der Waals surface area (Å²) in [6, 6.07) is 11.6. The van der Waals surface area contributed by atoms with Gasteiger partial charge in [-0.25, -0.2) is 14.4 Å². The summed E-state index contributed by atoms with van der Waals surface area (Å²) in [6.45, 7) is 1.52. The highest BCUT2D eigenvalue weighted by atomic mass is 31.2. The lowest BCUT2D eigenvalue weighted by molar-refractivity contribution is -0.153. The fourth-order valence-electron chi connectivity index (χ4n) is 3.38. The molecule has 2 aromatic rings. The van der Waals surface area contributed by atoms with Gasteiger partial charge < -0.3 is 14.5 Å². The summed E-state index contributed by atoms with van der Waals surface area (Å²) in [5, 5.41) is 2.54. The van der Waals surface area contributed by atoms with E-state index in [0.717, 1.165) is 42.6 Å². The topological polar surface area (TPSA) is 96.3 Å². The van der Waals surface area contributed by atoms with Crippen molar-refractivity contribution in [2.24, 2.45) is 0 Å². The lowest BCUT2D eigenvalue weighted by Gasteiger charge is -2.31. The van der Waals surface area contributed by atoms with Gasteiger partial charge >= 0.3 is 13.8 Å². The van der Waals surface area contributed by atoms with Crippen LogP contribution in [0.2, 0.25) is 0 Å². The summed E-state index contributed by atoms with van der Waals surface area (Å²) in [5.74, 6) is -0.566. The lowest BCUT2D eigenvalue weighted by atomic mass is 9.98. The lowest BCUT2D eigenvalue weighted by Crippen LogP contribution is -2.41. The molecule has 0 aliphatic heterocycles. The molecule has 3 rings (SSSR count). The van der Waals surface area contributed by atoms with Gasteiger partial charge in [-0.3, -0.25) is 0 Å². The van der Waals surface area contributed by atoms with Gasteiger partial charge in [0.05, 0.1) is 5.69 Å². The first-order chi connectivity index (χ1) is 12.8. The molecule has 1 aliphatic rings. The van der Waals surface area contributed by atoms with Crippen LogP contribution in [0.15, 0.2) is 42.5 Å². The Bertz CT molecular complexity index is 840. The van der Waals surface area contributed by atoms with Crippen molar-refractivity contribution in [1.82, 2.24) is 0 Å². The number of hydroxylamine groups is 1. The average Bonchev–Trinajstić information content (AvgIpc) is 2.65. The number of phosphoric acid groups is 1. The van der Waals surface area contributed by atoms with Gasteiger partial charge in [-0.1, -0.05) is 42.8 Å². The molecule has 8 heteroatoms. The normalized spacial score (nSPS) is 16.9. The van der Waals surface area contributed by atoms with Crippen molar-refractivity contribution in [3.05, 3.63) is 42.5 Å². The summed E-state index contributed by atoms with van der Waals surface area (Å²) in [7, 11) is -4.88.